The van der Waals surface area contributed by atoms with Crippen LogP contribution in [-0.2, 0) is 38.2 Å². The van der Waals surface area contributed by atoms with E-state index >= 15 is 0 Å². The maximum Gasteiger partial charge on any atom is 0.411 e. The predicted octanol–water partition coefficient (Wildman–Crippen LogP) is 7.07. The van der Waals surface area contributed by atoms with E-state index in [2.05, 4.69) is 12.2 Å². The van der Waals surface area contributed by atoms with Crippen LogP contribution in [0.15, 0.2) is 48.5 Å². The summed E-state index contributed by atoms with van der Waals surface area (Å²) in [6.07, 6.45) is 6.44. The lowest BCUT2D eigenvalue weighted by Crippen LogP contribution is -2.60. The molecule has 1 saturated heterocycles. The number of ether oxygens (including phenoxy) is 2. The summed E-state index contributed by atoms with van der Waals surface area (Å²) in [6.45, 7) is 5.23. The number of hydrogen-bond acceptors (Lipinski definition) is 9. The van der Waals surface area contributed by atoms with Crippen LogP contribution in [0.1, 0.15) is 134 Å². The van der Waals surface area contributed by atoms with Crippen LogP contribution in [0.3, 0.4) is 0 Å². The molecule has 14 heteroatoms. The zero-order valence-corrected chi connectivity index (χ0v) is 34.7. The van der Waals surface area contributed by atoms with Crippen LogP contribution in [0.2, 0.25) is 0 Å². The van der Waals surface area contributed by atoms with Gasteiger partial charge in [-0.05, 0) is 36.3 Å². The van der Waals surface area contributed by atoms with Gasteiger partial charge in [0.2, 0.25) is 11.8 Å². The molecule has 1 heterocycles. The number of ketones is 1. The van der Waals surface area contributed by atoms with E-state index in [9.17, 15) is 43.8 Å². The Balaban J connectivity index is 1.31. The van der Waals surface area contributed by atoms with Gasteiger partial charge in [0.05, 0.1) is 25.3 Å². The van der Waals surface area contributed by atoms with Crippen LogP contribution < -0.4 is 5.32 Å². The molecule has 0 saturated carbocycles. The van der Waals surface area contributed by atoms with Crippen molar-refractivity contribution in [3.63, 3.8) is 0 Å². The molecule has 0 radical (unpaired) electrons. The molecule has 2 aromatic rings. The Bertz CT molecular complexity index is 1730. The first-order chi connectivity index (χ1) is 28.3. The summed E-state index contributed by atoms with van der Waals surface area (Å²) < 4.78 is 11.4. The van der Waals surface area contributed by atoms with Crippen LogP contribution in [0.25, 0.3) is 11.1 Å². The summed E-state index contributed by atoms with van der Waals surface area (Å²) in [5.74, 6) is -5.23. The van der Waals surface area contributed by atoms with Crippen LogP contribution in [0.5, 0.6) is 0 Å². The number of nitrogens with zero attached hydrogens (tertiary/aromatic N) is 2. The number of carbonyl (C=O) groups is 7. The van der Waals surface area contributed by atoms with Gasteiger partial charge in [-0.15, -0.1) is 0 Å². The second kappa shape index (κ2) is 23.4. The first kappa shape index (κ1) is 46.4. The average Bonchev–Trinajstić information content (AvgIpc) is 3.50. The molecule has 0 aromatic heterocycles. The van der Waals surface area contributed by atoms with Crippen molar-refractivity contribution < 1.29 is 53.2 Å². The molecule has 2 aliphatic rings. The SMILES string of the molecule is CCCCCCCCCCCC(CC(=O)O)OC(=O)CCC(=O)[C@@H](CC(C)C)NC(=O)[C@H](CC(=O)O)N1CCN(C(=O)OC2c3ccccc3-c3ccccc32)CC1=O. The number of amides is 3. The minimum Gasteiger partial charge on any atom is -0.481 e. The van der Waals surface area contributed by atoms with Crippen LogP contribution in [0, 0.1) is 5.92 Å². The number of nitrogens with one attached hydrogen (secondary N) is 1. The van der Waals surface area contributed by atoms with Gasteiger partial charge in [-0.2, -0.15) is 0 Å². The fourth-order valence-corrected chi connectivity index (χ4v) is 7.83. The Morgan fingerprint density at radius 2 is 1.36 bits per heavy atom. The summed E-state index contributed by atoms with van der Waals surface area (Å²) >= 11 is 0. The molecule has 322 valence electrons. The number of piperazine rings is 1. The summed E-state index contributed by atoms with van der Waals surface area (Å²) in [5, 5.41) is 21.8. The Morgan fingerprint density at radius 3 is 1.92 bits per heavy atom. The highest BCUT2D eigenvalue weighted by molar-refractivity contribution is 5.96. The predicted molar refractivity (Wildman–Crippen MR) is 219 cm³/mol. The third kappa shape index (κ3) is 14.2. The molecule has 1 fully saturated rings. The van der Waals surface area contributed by atoms with E-state index in [1.54, 1.807) is 0 Å². The summed E-state index contributed by atoms with van der Waals surface area (Å²) in [7, 11) is 0. The second-order valence-corrected chi connectivity index (χ2v) is 16.0. The number of aliphatic carboxylic acids is 2. The van der Waals surface area contributed by atoms with Gasteiger partial charge in [-0.25, -0.2) is 4.79 Å². The van der Waals surface area contributed by atoms with Crippen molar-refractivity contribution >= 4 is 41.6 Å². The van der Waals surface area contributed by atoms with E-state index in [4.69, 9.17) is 9.47 Å². The fourth-order valence-electron chi connectivity index (χ4n) is 7.83. The number of benzene rings is 2. The molecule has 3 amide bonds. The van der Waals surface area contributed by atoms with Gasteiger partial charge >= 0.3 is 24.0 Å². The van der Waals surface area contributed by atoms with Gasteiger partial charge < -0.3 is 29.9 Å². The molecule has 1 aliphatic heterocycles. The Morgan fingerprint density at radius 1 is 0.780 bits per heavy atom. The topological polar surface area (TPSA) is 197 Å². The summed E-state index contributed by atoms with van der Waals surface area (Å²) in [4.78, 5) is 92.7. The van der Waals surface area contributed by atoms with Gasteiger partial charge in [0.25, 0.3) is 0 Å². The van der Waals surface area contributed by atoms with Crippen molar-refractivity contribution in [2.45, 2.75) is 141 Å². The number of esters is 1. The van der Waals surface area contributed by atoms with Gasteiger partial charge in [-0.3, -0.25) is 33.7 Å². The third-order valence-electron chi connectivity index (χ3n) is 10.9. The lowest BCUT2D eigenvalue weighted by atomic mass is 9.97. The highest BCUT2D eigenvalue weighted by atomic mass is 16.6. The summed E-state index contributed by atoms with van der Waals surface area (Å²) in [5.41, 5.74) is 3.53. The number of hydrogen-bond donors (Lipinski definition) is 3. The van der Waals surface area contributed by atoms with Crippen molar-refractivity contribution in [3.8, 4) is 11.1 Å². The molecule has 1 unspecified atom stereocenters. The maximum absolute atomic E-state index is 13.7. The lowest BCUT2D eigenvalue weighted by molar-refractivity contribution is -0.154. The molecule has 59 heavy (non-hydrogen) atoms. The molecule has 1 aliphatic carbocycles. The number of unbranched alkanes of at least 4 members (excludes halogenated alkanes) is 8. The largest absolute Gasteiger partial charge is 0.481 e. The monoisotopic (exact) mass is 819 g/mol. The zero-order chi connectivity index (χ0) is 42.9. The normalized spacial score (nSPS) is 15.2. The number of fused-ring (bicyclic) bond motifs is 3. The minimum atomic E-state index is -1.47. The average molecular weight is 820 g/mol. The van der Waals surface area contributed by atoms with E-state index in [-0.39, 0.29) is 44.7 Å². The van der Waals surface area contributed by atoms with Crippen molar-refractivity contribution in [3.05, 3.63) is 59.7 Å². The molecular weight excluding hydrogens is 759 g/mol. The van der Waals surface area contributed by atoms with Crippen molar-refractivity contribution in [2.24, 2.45) is 5.92 Å². The number of carbonyl (C=O) groups excluding carboxylic acids is 5. The van der Waals surface area contributed by atoms with Crippen molar-refractivity contribution in [1.29, 1.82) is 0 Å². The van der Waals surface area contributed by atoms with E-state index in [1.165, 1.54) is 37.0 Å². The molecular formula is C45H61N3O11. The Hall–Kier alpha value is -5.27. The highest BCUT2D eigenvalue weighted by Crippen LogP contribution is 2.45. The Labute approximate surface area is 347 Å². The molecule has 3 atom stereocenters. The molecule has 0 spiro atoms. The van der Waals surface area contributed by atoms with E-state index < -0.39 is 78.9 Å². The van der Waals surface area contributed by atoms with E-state index in [0.717, 1.165) is 46.4 Å². The van der Waals surface area contributed by atoms with E-state index in [0.29, 0.717) is 12.8 Å². The molecule has 4 rings (SSSR count). The number of rotatable bonds is 25. The molecule has 2 aromatic carbocycles. The number of carboxylic acid groups (broad SMARTS) is 2. The third-order valence-corrected chi connectivity index (χ3v) is 10.9. The minimum absolute atomic E-state index is 0.0253. The lowest BCUT2D eigenvalue weighted by Gasteiger charge is -2.38. The first-order valence-electron chi connectivity index (χ1n) is 21.2. The van der Waals surface area contributed by atoms with Gasteiger partial charge in [-0.1, -0.05) is 121 Å². The smallest absolute Gasteiger partial charge is 0.411 e. The molecule has 3 N–H and O–H groups in total. The van der Waals surface area contributed by atoms with Crippen LogP contribution in [-0.4, -0.2) is 99.4 Å². The maximum atomic E-state index is 13.7. The van der Waals surface area contributed by atoms with E-state index in [1.807, 2.05) is 62.4 Å². The number of carboxylic acids is 2. The van der Waals surface area contributed by atoms with Gasteiger partial charge in [0.1, 0.15) is 18.7 Å². The second-order valence-electron chi connectivity index (χ2n) is 16.0. The van der Waals surface area contributed by atoms with Crippen LogP contribution in [0.4, 0.5) is 4.79 Å². The highest BCUT2D eigenvalue weighted by Gasteiger charge is 2.40. The zero-order valence-electron chi connectivity index (χ0n) is 34.7. The molecule has 14 nitrogen and oxygen atoms in total. The first-order valence-corrected chi connectivity index (χ1v) is 21.2. The standard InChI is InChI=1S/C45H61N3O11/c1-4-5-6-7-8-9-10-11-12-17-31(27-40(51)52)58-42(55)23-22-38(49)36(26-30(2)3)46-44(56)37(28-41(53)54)48-25-24-47(29-39(48)50)45(57)59-43-34-20-15-13-18-32(34)33-19-14-16-21-35(33)43/h13-16,18-21,30-31,36-37,43H,4-12,17,22-29H2,1-3H3,(H,46,56)(H,51,52)(H,53,54)/t31?,36-,37+/m1/s1. The van der Waals surface area contributed by atoms with Crippen molar-refractivity contribution in [1.82, 2.24) is 15.1 Å². The molecule has 0 bridgehead atoms. The van der Waals surface area contributed by atoms with Crippen molar-refractivity contribution in [2.75, 3.05) is 19.6 Å². The quantitative estimate of drug-likeness (QED) is 0.0685. The Kier molecular flexibility index (Phi) is 18.4. The number of Topliss-reactive ketones (excluding diaryl/α,β-unsaturated/α-hetero) is 1. The van der Waals surface area contributed by atoms with Gasteiger partial charge in [0.15, 0.2) is 11.9 Å². The van der Waals surface area contributed by atoms with Gasteiger partial charge in [0, 0.05) is 30.6 Å². The fraction of sp³-hybridized carbons (Fsp3) is 0.578. The van der Waals surface area contributed by atoms with Crippen LogP contribution >= 0.6 is 0 Å². The summed E-state index contributed by atoms with van der Waals surface area (Å²) in [6, 6.07) is 12.6.